The van der Waals surface area contributed by atoms with Crippen molar-refractivity contribution in [3.8, 4) is 11.5 Å². The zero-order valence-electron chi connectivity index (χ0n) is 6.88. The second kappa shape index (κ2) is 2.78. The van der Waals surface area contributed by atoms with Crippen LogP contribution in [0.3, 0.4) is 0 Å². The smallest absolute Gasteiger partial charge is 0.143 e. The molecule has 3 heteroatoms. The Morgan fingerprint density at radius 1 is 1.45 bits per heavy atom. The maximum absolute atomic E-state index is 9.38. The molecular formula is C8H11NO2. The third kappa shape index (κ3) is 1.27. The summed E-state index contributed by atoms with van der Waals surface area (Å²) in [6, 6.07) is 0. The van der Waals surface area contributed by atoms with Gasteiger partial charge >= 0.3 is 0 Å². The summed E-state index contributed by atoms with van der Waals surface area (Å²) in [7, 11) is 1.55. The molecule has 11 heavy (non-hydrogen) atoms. The van der Waals surface area contributed by atoms with Gasteiger partial charge in [-0.1, -0.05) is 0 Å². The highest BCUT2D eigenvalue weighted by atomic mass is 16.5. The van der Waals surface area contributed by atoms with Gasteiger partial charge in [0.2, 0.25) is 0 Å². The van der Waals surface area contributed by atoms with Gasteiger partial charge in [-0.2, -0.15) is 0 Å². The SMILES string of the molecule is COc1cnc(C)c(O)c1C. The lowest BCUT2D eigenvalue weighted by atomic mass is 10.2. The summed E-state index contributed by atoms with van der Waals surface area (Å²) in [4.78, 5) is 3.94. The minimum absolute atomic E-state index is 0.212. The summed E-state index contributed by atoms with van der Waals surface area (Å²) in [5.74, 6) is 0.831. The van der Waals surface area contributed by atoms with Crippen molar-refractivity contribution in [2.75, 3.05) is 7.11 Å². The molecule has 3 nitrogen and oxygen atoms in total. The van der Waals surface area contributed by atoms with Crippen LogP contribution in [0.25, 0.3) is 0 Å². The van der Waals surface area contributed by atoms with Gasteiger partial charge in [-0.25, -0.2) is 0 Å². The first-order chi connectivity index (χ1) is 5.16. The van der Waals surface area contributed by atoms with Gasteiger partial charge in [0, 0.05) is 5.56 Å². The van der Waals surface area contributed by atoms with Crippen LogP contribution in [-0.2, 0) is 0 Å². The lowest BCUT2D eigenvalue weighted by Gasteiger charge is -2.06. The van der Waals surface area contributed by atoms with Gasteiger partial charge in [0.15, 0.2) is 0 Å². The third-order valence-corrected chi connectivity index (χ3v) is 1.66. The van der Waals surface area contributed by atoms with Crippen LogP contribution in [0.1, 0.15) is 11.3 Å². The van der Waals surface area contributed by atoms with Crippen LogP contribution in [0.4, 0.5) is 0 Å². The van der Waals surface area contributed by atoms with E-state index in [1.165, 1.54) is 0 Å². The Bertz CT molecular complexity index is 271. The van der Waals surface area contributed by atoms with Crippen molar-refractivity contribution < 1.29 is 9.84 Å². The van der Waals surface area contributed by atoms with Crippen LogP contribution in [0.5, 0.6) is 11.5 Å². The Hall–Kier alpha value is -1.25. The van der Waals surface area contributed by atoms with Crippen molar-refractivity contribution in [1.82, 2.24) is 4.98 Å². The van der Waals surface area contributed by atoms with E-state index in [0.717, 1.165) is 5.56 Å². The Morgan fingerprint density at radius 3 is 2.64 bits per heavy atom. The molecule has 0 spiro atoms. The van der Waals surface area contributed by atoms with Crippen molar-refractivity contribution in [1.29, 1.82) is 0 Å². The van der Waals surface area contributed by atoms with Crippen molar-refractivity contribution >= 4 is 0 Å². The van der Waals surface area contributed by atoms with Crippen LogP contribution < -0.4 is 4.74 Å². The summed E-state index contributed by atoms with van der Waals surface area (Å²) in [6.07, 6.45) is 1.60. The van der Waals surface area contributed by atoms with Gasteiger partial charge in [0.1, 0.15) is 11.5 Å². The summed E-state index contributed by atoms with van der Waals surface area (Å²) in [5.41, 5.74) is 1.36. The first-order valence-electron chi connectivity index (χ1n) is 3.36. The molecule has 0 aliphatic carbocycles. The van der Waals surface area contributed by atoms with E-state index in [-0.39, 0.29) is 5.75 Å². The largest absolute Gasteiger partial charge is 0.506 e. The number of ether oxygens (including phenoxy) is 1. The lowest BCUT2D eigenvalue weighted by Crippen LogP contribution is -1.91. The van der Waals surface area contributed by atoms with Crippen LogP contribution in [-0.4, -0.2) is 17.2 Å². The number of aryl methyl sites for hydroxylation is 1. The monoisotopic (exact) mass is 153 g/mol. The van der Waals surface area contributed by atoms with Gasteiger partial charge in [-0.05, 0) is 13.8 Å². The minimum Gasteiger partial charge on any atom is -0.506 e. The first kappa shape index (κ1) is 7.85. The Labute approximate surface area is 65.7 Å². The molecule has 0 aromatic carbocycles. The molecule has 0 aliphatic rings. The molecule has 0 saturated heterocycles. The summed E-state index contributed by atoms with van der Waals surface area (Å²) in [6.45, 7) is 3.55. The van der Waals surface area contributed by atoms with Crippen molar-refractivity contribution in [3.05, 3.63) is 17.5 Å². The summed E-state index contributed by atoms with van der Waals surface area (Å²) >= 11 is 0. The summed E-state index contributed by atoms with van der Waals surface area (Å²) in [5, 5.41) is 9.38. The van der Waals surface area contributed by atoms with E-state index in [9.17, 15) is 5.11 Å². The van der Waals surface area contributed by atoms with E-state index in [4.69, 9.17) is 4.74 Å². The van der Waals surface area contributed by atoms with Crippen LogP contribution in [0, 0.1) is 13.8 Å². The Kier molecular flexibility index (Phi) is 1.98. The van der Waals surface area contributed by atoms with Gasteiger partial charge < -0.3 is 9.84 Å². The molecule has 1 aromatic rings. The Balaban J connectivity index is 3.25. The van der Waals surface area contributed by atoms with E-state index in [1.54, 1.807) is 27.2 Å². The first-order valence-corrected chi connectivity index (χ1v) is 3.36. The number of hydrogen-bond donors (Lipinski definition) is 1. The van der Waals surface area contributed by atoms with Crippen LogP contribution in [0.2, 0.25) is 0 Å². The zero-order chi connectivity index (χ0) is 8.43. The lowest BCUT2D eigenvalue weighted by molar-refractivity contribution is 0.398. The number of aromatic nitrogens is 1. The number of rotatable bonds is 1. The molecule has 0 aliphatic heterocycles. The van der Waals surface area contributed by atoms with Gasteiger partial charge in [-0.15, -0.1) is 0 Å². The fourth-order valence-corrected chi connectivity index (χ4v) is 0.907. The fourth-order valence-electron chi connectivity index (χ4n) is 0.907. The molecule has 0 amide bonds. The van der Waals surface area contributed by atoms with E-state index in [2.05, 4.69) is 4.98 Å². The normalized spacial score (nSPS) is 9.73. The maximum atomic E-state index is 9.38. The molecule has 1 heterocycles. The molecular weight excluding hydrogens is 142 g/mol. The highest BCUT2D eigenvalue weighted by molar-refractivity contribution is 5.43. The highest BCUT2D eigenvalue weighted by Gasteiger charge is 2.06. The van der Waals surface area contributed by atoms with Crippen molar-refractivity contribution in [2.45, 2.75) is 13.8 Å². The van der Waals surface area contributed by atoms with Gasteiger partial charge in [-0.3, -0.25) is 4.98 Å². The maximum Gasteiger partial charge on any atom is 0.143 e. The van der Waals surface area contributed by atoms with Crippen LogP contribution >= 0.6 is 0 Å². The van der Waals surface area contributed by atoms with E-state index < -0.39 is 0 Å². The molecule has 1 rings (SSSR count). The summed E-state index contributed by atoms with van der Waals surface area (Å²) < 4.78 is 4.96. The average Bonchev–Trinajstić information content (AvgIpc) is 2.01. The van der Waals surface area contributed by atoms with Gasteiger partial charge in [0.05, 0.1) is 19.0 Å². The van der Waals surface area contributed by atoms with Gasteiger partial charge in [0.25, 0.3) is 0 Å². The second-order valence-corrected chi connectivity index (χ2v) is 2.39. The average molecular weight is 153 g/mol. The van der Waals surface area contributed by atoms with Crippen molar-refractivity contribution in [2.24, 2.45) is 0 Å². The molecule has 60 valence electrons. The Morgan fingerprint density at radius 2 is 2.09 bits per heavy atom. The number of aromatic hydroxyl groups is 1. The number of hydrogen-bond acceptors (Lipinski definition) is 3. The molecule has 0 radical (unpaired) electrons. The van der Waals surface area contributed by atoms with Crippen LogP contribution in [0.15, 0.2) is 6.20 Å². The second-order valence-electron chi connectivity index (χ2n) is 2.39. The standard InChI is InChI=1S/C8H11NO2/c1-5-7(11-3)4-9-6(2)8(5)10/h4,10H,1-3H3. The fraction of sp³-hybridized carbons (Fsp3) is 0.375. The topological polar surface area (TPSA) is 42.4 Å². The third-order valence-electron chi connectivity index (χ3n) is 1.66. The zero-order valence-corrected chi connectivity index (χ0v) is 6.88. The predicted molar refractivity (Wildman–Crippen MR) is 41.9 cm³/mol. The number of nitrogens with zero attached hydrogens (tertiary/aromatic N) is 1. The molecule has 0 fully saturated rings. The molecule has 0 atom stereocenters. The number of methoxy groups -OCH3 is 1. The molecule has 0 saturated carbocycles. The van der Waals surface area contributed by atoms with Crippen molar-refractivity contribution in [3.63, 3.8) is 0 Å². The number of pyridine rings is 1. The van der Waals surface area contributed by atoms with E-state index in [0.29, 0.717) is 11.4 Å². The van der Waals surface area contributed by atoms with E-state index >= 15 is 0 Å². The minimum atomic E-state index is 0.212. The van der Waals surface area contributed by atoms with E-state index in [1.807, 2.05) is 0 Å². The molecule has 0 unspecified atom stereocenters. The predicted octanol–water partition coefficient (Wildman–Crippen LogP) is 1.41. The molecule has 1 N–H and O–H groups in total. The molecule has 1 aromatic heterocycles. The highest BCUT2D eigenvalue weighted by Crippen LogP contribution is 2.27. The quantitative estimate of drug-likeness (QED) is 0.663. The molecule has 0 bridgehead atoms.